The summed E-state index contributed by atoms with van der Waals surface area (Å²) in [6.07, 6.45) is 8.45. The van der Waals surface area contributed by atoms with E-state index in [2.05, 4.69) is 39.4 Å². The predicted octanol–water partition coefficient (Wildman–Crippen LogP) is 4.91. The van der Waals surface area contributed by atoms with Crippen LogP contribution in [0, 0.1) is 0 Å². The maximum atomic E-state index is 5.52. The molecular weight excluding hydrogens is 324 g/mol. The Hall–Kier alpha value is -2.69. The molecule has 4 rings (SSSR count). The molecule has 0 amide bonds. The Morgan fingerprint density at radius 3 is 2.50 bits per heavy atom. The van der Waals surface area contributed by atoms with Crippen molar-refractivity contribution >= 4 is 5.82 Å². The highest BCUT2D eigenvalue weighted by Crippen LogP contribution is 2.34. The van der Waals surface area contributed by atoms with Gasteiger partial charge in [0.2, 0.25) is 5.82 Å². The van der Waals surface area contributed by atoms with Crippen molar-refractivity contribution in [3.63, 3.8) is 0 Å². The highest BCUT2D eigenvalue weighted by Gasteiger charge is 2.18. The lowest BCUT2D eigenvalue weighted by molar-refractivity contribution is 0.432. The second-order valence-electron chi connectivity index (χ2n) is 7.15. The molecular formula is C21H24N4O. The molecule has 0 atom stereocenters. The van der Waals surface area contributed by atoms with Gasteiger partial charge in [-0.25, -0.2) is 4.98 Å². The summed E-state index contributed by atoms with van der Waals surface area (Å²) in [6.45, 7) is 0. The molecule has 5 nitrogen and oxygen atoms in total. The summed E-state index contributed by atoms with van der Waals surface area (Å²) in [4.78, 5) is 10.9. The van der Waals surface area contributed by atoms with E-state index in [1.165, 1.54) is 37.7 Å². The first-order valence-electron chi connectivity index (χ1n) is 9.29. The second-order valence-corrected chi connectivity index (χ2v) is 7.15. The third-order valence-corrected chi connectivity index (χ3v) is 5.11. The fourth-order valence-corrected chi connectivity index (χ4v) is 3.71. The van der Waals surface area contributed by atoms with Gasteiger partial charge >= 0.3 is 0 Å². The molecule has 1 saturated carbocycles. The number of hydrogen-bond donors (Lipinski definition) is 0. The van der Waals surface area contributed by atoms with Gasteiger partial charge < -0.3 is 9.42 Å². The maximum absolute atomic E-state index is 5.52. The number of benzene rings is 1. The maximum Gasteiger partial charge on any atom is 0.258 e. The van der Waals surface area contributed by atoms with Crippen molar-refractivity contribution < 1.29 is 4.52 Å². The predicted molar refractivity (Wildman–Crippen MR) is 103 cm³/mol. The van der Waals surface area contributed by atoms with E-state index in [4.69, 9.17) is 4.52 Å². The summed E-state index contributed by atoms with van der Waals surface area (Å²) in [7, 11) is 3.91. The lowest BCUT2D eigenvalue weighted by Crippen LogP contribution is -2.11. The first-order valence-corrected chi connectivity index (χ1v) is 9.29. The van der Waals surface area contributed by atoms with Crippen LogP contribution in [0.1, 0.15) is 43.6 Å². The molecule has 3 aromatic rings. The van der Waals surface area contributed by atoms with E-state index in [0.717, 1.165) is 16.9 Å². The Morgan fingerprint density at radius 1 is 1.00 bits per heavy atom. The zero-order valence-electron chi connectivity index (χ0n) is 15.4. The van der Waals surface area contributed by atoms with E-state index in [1.807, 2.05) is 31.1 Å². The van der Waals surface area contributed by atoms with Crippen molar-refractivity contribution in [1.29, 1.82) is 0 Å². The number of rotatable bonds is 4. The van der Waals surface area contributed by atoms with Crippen LogP contribution in [0.2, 0.25) is 0 Å². The number of pyridine rings is 1. The minimum absolute atomic E-state index is 0.545. The van der Waals surface area contributed by atoms with Crippen LogP contribution in [-0.4, -0.2) is 29.2 Å². The van der Waals surface area contributed by atoms with Gasteiger partial charge in [-0.05, 0) is 48.6 Å². The normalized spacial score (nSPS) is 15.2. The monoisotopic (exact) mass is 348 g/mol. The molecule has 0 spiro atoms. The van der Waals surface area contributed by atoms with Gasteiger partial charge in [0.25, 0.3) is 5.89 Å². The molecule has 0 saturated heterocycles. The van der Waals surface area contributed by atoms with Gasteiger partial charge in [-0.3, -0.25) is 0 Å². The van der Waals surface area contributed by atoms with Gasteiger partial charge in [0.15, 0.2) is 0 Å². The highest BCUT2D eigenvalue weighted by atomic mass is 16.5. The molecule has 134 valence electrons. The van der Waals surface area contributed by atoms with Gasteiger partial charge in [-0.2, -0.15) is 4.98 Å². The van der Waals surface area contributed by atoms with Crippen LogP contribution in [0.3, 0.4) is 0 Å². The average molecular weight is 348 g/mol. The number of anilines is 1. The summed E-state index contributed by atoms with van der Waals surface area (Å²) in [5.41, 5.74) is 3.25. The summed E-state index contributed by atoms with van der Waals surface area (Å²) in [5, 5.41) is 4.17. The Morgan fingerprint density at radius 2 is 1.77 bits per heavy atom. The standard InChI is InChI=1S/C21H24N4O/c1-25(2)20-18(9-6-14-22-20)19-23-21(26-24-19)17-12-10-16(11-13-17)15-7-4-3-5-8-15/h6,9-15H,3-5,7-8H2,1-2H3. The summed E-state index contributed by atoms with van der Waals surface area (Å²) >= 11 is 0. The number of nitrogens with zero attached hydrogens (tertiary/aromatic N) is 4. The van der Waals surface area contributed by atoms with Crippen LogP contribution < -0.4 is 4.90 Å². The van der Waals surface area contributed by atoms with Crippen LogP contribution in [0.4, 0.5) is 5.82 Å². The summed E-state index contributed by atoms with van der Waals surface area (Å²) in [6, 6.07) is 12.5. The first kappa shape index (κ1) is 16.8. The number of aromatic nitrogens is 3. The molecule has 0 aliphatic heterocycles. The van der Waals surface area contributed by atoms with E-state index < -0.39 is 0 Å². The van der Waals surface area contributed by atoms with E-state index in [1.54, 1.807) is 6.20 Å². The van der Waals surface area contributed by atoms with Crippen LogP contribution in [-0.2, 0) is 0 Å². The lowest BCUT2D eigenvalue weighted by atomic mass is 9.84. The van der Waals surface area contributed by atoms with E-state index in [9.17, 15) is 0 Å². The van der Waals surface area contributed by atoms with Crippen LogP contribution in [0.5, 0.6) is 0 Å². The van der Waals surface area contributed by atoms with Crippen molar-refractivity contribution in [1.82, 2.24) is 15.1 Å². The SMILES string of the molecule is CN(C)c1ncccc1-c1noc(-c2ccc(C3CCCCC3)cc2)n1. The zero-order valence-corrected chi connectivity index (χ0v) is 15.4. The lowest BCUT2D eigenvalue weighted by Gasteiger charge is -2.21. The molecule has 26 heavy (non-hydrogen) atoms. The molecule has 1 aliphatic rings. The van der Waals surface area contributed by atoms with E-state index >= 15 is 0 Å². The fraction of sp³-hybridized carbons (Fsp3) is 0.381. The molecule has 0 radical (unpaired) electrons. The Balaban J connectivity index is 1.58. The van der Waals surface area contributed by atoms with E-state index in [-0.39, 0.29) is 0 Å². The van der Waals surface area contributed by atoms with Gasteiger partial charge in [-0.1, -0.05) is 36.6 Å². The highest BCUT2D eigenvalue weighted by molar-refractivity contribution is 5.71. The molecule has 2 heterocycles. The largest absolute Gasteiger partial charge is 0.362 e. The Kier molecular flexibility index (Phi) is 4.69. The minimum atomic E-state index is 0.545. The summed E-state index contributed by atoms with van der Waals surface area (Å²) < 4.78 is 5.52. The molecule has 0 unspecified atom stereocenters. The second kappa shape index (κ2) is 7.28. The quantitative estimate of drug-likeness (QED) is 0.670. The molecule has 0 N–H and O–H groups in total. The topological polar surface area (TPSA) is 55.1 Å². The van der Waals surface area contributed by atoms with E-state index in [0.29, 0.717) is 17.6 Å². The third kappa shape index (κ3) is 3.34. The third-order valence-electron chi connectivity index (χ3n) is 5.11. The first-order chi connectivity index (χ1) is 12.7. The Bertz CT molecular complexity index is 864. The van der Waals surface area contributed by atoms with Crippen LogP contribution in [0.25, 0.3) is 22.8 Å². The van der Waals surface area contributed by atoms with Crippen molar-refractivity contribution in [2.45, 2.75) is 38.0 Å². The average Bonchev–Trinajstić information content (AvgIpc) is 3.19. The molecule has 1 aromatic carbocycles. The molecule has 1 aliphatic carbocycles. The van der Waals surface area contributed by atoms with Gasteiger partial charge in [-0.15, -0.1) is 0 Å². The summed E-state index contributed by atoms with van der Waals surface area (Å²) in [5.74, 6) is 2.64. The van der Waals surface area contributed by atoms with Crippen LogP contribution >= 0.6 is 0 Å². The van der Waals surface area contributed by atoms with Gasteiger partial charge in [0, 0.05) is 25.9 Å². The van der Waals surface area contributed by atoms with Crippen molar-refractivity contribution in [3.8, 4) is 22.8 Å². The fourth-order valence-electron chi connectivity index (χ4n) is 3.71. The molecule has 5 heteroatoms. The van der Waals surface area contributed by atoms with Gasteiger partial charge in [0.05, 0.1) is 5.56 Å². The Labute approximate surface area is 154 Å². The molecule has 1 fully saturated rings. The minimum Gasteiger partial charge on any atom is -0.362 e. The zero-order chi connectivity index (χ0) is 17.9. The number of hydrogen-bond acceptors (Lipinski definition) is 5. The van der Waals surface area contributed by atoms with Crippen molar-refractivity contribution in [2.75, 3.05) is 19.0 Å². The van der Waals surface area contributed by atoms with Crippen molar-refractivity contribution in [3.05, 3.63) is 48.2 Å². The molecule has 2 aromatic heterocycles. The molecule has 0 bridgehead atoms. The smallest absolute Gasteiger partial charge is 0.258 e. The van der Waals surface area contributed by atoms with Gasteiger partial charge in [0.1, 0.15) is 5.82 Å². The van der Waals surface area contributed by atoms with Crippen LogP contribution in [0.15, 0.2) is 47.1 Å². The van der Waals surface area contributed by atoms with Crippen molar-refractivity contribution in [2.24, 2.45) is 0 Å².